The Bertz CT molecular complexity index is 142. The van der Waals surface area contributed by atoms with Crippen molar-refractivity contribution in [2.45, 2.75) is 33.6 Å². The lowest BCUT2D eigenvalue weighted by molar-refractivity contribution is 0.193. The Morgan fingerprint density at radius 3 is 2.56 bits per heavy atom. The molecule has 0 aromatic carbocycles. The van der Waals surface area contributed by atoms with Crippen molar-refractivity contribution in [1.82, 2.24) is 10.2 Å². The van der Waals surface area contributed by atoms with Crippen molar-refractivity contribution in [2.75, 3.05) is 46.4 Å². The molecule has 0 saturated heterocycles. The molecular formula is C13H30N2O. The van der Waals surface area contributed by atoms with E-state index in [1.165, 1.54) is 13.0 Å². The predicted octanol–water partition coefficient (Wildman–Crippen LogP) is 1.98. The number of methoxy groups -OCH3 is 1. The van der Waals surface area contributed by atoms with Crippen molar-refractivity contribution in [1.29, 1.82) is 0 Å². The summed E-state index contributed by atoms with van der Waals surface area (Å²) >= 11 is 0. The van der Waals surface area contributed by atoms with Crippen LogP contribution >= 0.6 is 0 Å². The summed E-state index contributed by atoms with van der Waals surface area (Å²) in [5.74, 6) is 0.813. The van der Waals surface area contributed by atoms with Crippen molar-refractivity contribution in [2.24, 2.45) is 5.92 Å². The Hall–Kier alpha value is -0.120. The van der Waals surface area contributed by atoms with Gasteiger partial charge in [0.1, 0.15) is 0 Å². The third kappa shape index (κ3) is 9.13. The van der Waals surface area contributed by atoms with Gasteiger partial charge in [0.25, 0.3) is 0 Å². The lowest BCUT2D eigenvalue weighted by atomic mass is 10.1. The Morgan fingerprint density at radius 2 is 2.00 bits per heavy atom. The van der Waals surface area contributed by atoms with Crippen LogP contribution in [0.15, 0.2) is 0 Å². The number of ether oxygens (including phenoxy) is 1. The molecule has 0 heterocycles. The first-order valence-corrected chi connectivity index (χ1v) is 6.66. The monoisotopic (exact) mass is 230 g/mol. The van der Waals surface area contributed by atoms with Gasteiger partial charge in [0.05, 0.1) is 0 Å². The van der Waals surface area contributed by atoms with Gasteiger partial charge in [0.15, 0.2) is 0 Å². The summed E-state index contributed by atoms with van der Waals surface area (Å²) in [6.45, 7) is 13.4. The highest BCUT2D eigenvalue weighted by atomic mass is 16.5. The molecular weight excluding hydrogens is 200 g/mol. The number of rotatable bonds is 11. The normalized spacial score (nSPS) is 13.3. The average Bonchev–Trinajstić information content (AvgIpc) is 2.31. The highest BCUT2D eigenvalue weighted by Crippen LogP contribution is 2.03. The van der Waals surface area contributed by atoms with E-state index in [0.717, 1.165) is 45.1 Å². The van der Waals surface area contributed by atoms with Gasteiger partial charge in [-0.2, -0.15) is 0 Å². The molecule has 98 valence electrons. The Kier molecular flexibility index (Phi) is 11.3. The summed E-state index contributed by atoms with van der Waals surface area (Å²) in [5, 5.41) is 3.45. The van der Waals surface area contributed by atoms with E-state index >= 15 is 0 Å². The van der Waals surface area contributed by atoms with Crippen molar-refractivity contribution in [3.63, 3.8) is 0 Å². The molecule has 0 amide bonds. The SMILES string of the molecule is CCC(C)CN(CC)CCNCCCOC. The molecule has 0 saturated carbocycles. The lowest BCUT2D eigenvalue weighted by Gasteiger charge is -2.23. The van der Waals surface area contributed by atoms with Gasteiger partial charge in [-0.05, 0) is 25.4 Å². The molecule has 0 radical (unpaired) electrons. The minimum absolute atomic E-state index is 0.813. The molecule has 0 rings (SSSR count). The maximum atomic E-state index is 5.01. The maximum Gasteiger partial charge on any atom is 0.0474 e. The van der Waals surface area contributed by atoms with Crippen LogP contribution in [-0.2, 0) is 4.74 Å². The zero-order valence-corrected chi connectivity index (χ0v) is 11.6. The molecule has 3 heteroatoms. The van der Waals surface area contributed by atoms with Crippen LogP contribution < -0.4 is 5.32 Å². The summed E-state index contributed by atoms with van der Waals surface area (Å²) in [7, 11) is 1.75. The summed E-state index contributed by atoms with van der Waals surface area (Å²) in [4.78, 5) is 2.53. The highest BCUT2D eigenvalue weighted by Gasteiger charge is 2.06. The van der Waals surface area contributed by atoms with Crippen LogP contribution in [0.2, 0.25) is 0 Å². The molecule has 0 spiro atoms. The van der Waals surface area contributed by atoms with Gasteiger partial charge >= 0.3 is 0 Å². The number of nitrogens with one attached hydrogen (secondary N) is 1. The molecule has 0 fully saturated rings. The molecule has 0 aliphatic carbocycles. The van der Waals surface area contributed by atoms with Gasteiger partial charge in [0.2, 0.25) is 0 Å². The minimum atomic E-state index is 0.813. The molecule has 1 unspecified atom stereocenters. The minimum Gasteiger partial charge on any atom is -0.385 e. The summed E-state index contributed by atoms with van der Waals surface area (Å²) in [5.41, 5.74) is 0. The van der Waals surface area contributed by atoms with E-state index in [1.54, 1.807) is 7.11 Å². The van der Waals surface area contributed by atoms with E-state index in [0.29, 0.717) is 0 Å². The van der Waals surface area contributed by atoms with Crippen LogP contribution in [0.5, 0.6) is 0 Å². The molecule has 16 heavy (non-hydrogen) atoms. The summed E-state index contributed by atoms with van der Waals surface area (Å²) in [6, 6.07) is 0. The van der Waals surface area contributed by atoms with Crippen LogP contribution in [0.3, 0.4) is 0 Å². The van der Waals surface area contributed by atoms with Gasteiger partial charge in [0, 0.05) is 33.4 Å². The van der Waals surface area contributed by atoms with Crippen LogP contribution in [0.25, 0.3) is 0 Å². The molecule has 0 aliphatic heterocycles. The number of hydrogen-bond acceptors (Lipinski definition) is 3. The second-order valence-electron chi connectivity index (χ2n) is 4.50. The van der Waals surface area contributed by atoms with Gasteiger partial charge in [-0.25, -0.2) is 0 Å². The van der Waals surface area contributed by atoms with Crippen molar-refractivity contribution < 1.29 is 4.74 Å². The summed E-state index contributed by atoms with van der Waals surface area (Å²) < 4.78 is 5.01. The lowest BCUT2D eigenvalue weighted by Crippen LogP contribution is -2.35. The molecule has 3 nitrogen and oxygen atoms in total. The van der Waals surface area contributed by atoms with Gasteiger partial charge in [-0.3, -0.25) is 0 Å². The smallest absolute Gasteiger partial charge is 0.0474 e. The first-order valence-electron chi connectivity index (χ1n) is 6.66. The largest absolute Gasteiger partial charge is 0.385 e. The Morgan fingerprint density at radius 1 is 1.25 bits per heavy atom. The topological polar surface area (TPSA) is 24.5 Å². The number of hydrogen-bond donors (Lipinski definition) is 1. The second kappa shape index (κ2) is 11.4. The zero-order valence-electron chi connectivity index (χ0n) is 11.6. The van der Waals surface area contributed by atoms with Crippen LogP contribution in [-0.4, -0.2) is 51.3 Å². The van der Waals surface area contributed by atoms with Crippen LogP contribution in [0, 0.1) is 5.92 Å². The molecule has 0 bridgehead atoms. The predicted molar refractivity (Wildman–Crippen MR) is 70.9 cm³/mol. The first kappa shape index (κ1) is 15.9. The van der Waals surface area contributed by atoms with E-state index in [-0.39, 0.29) is 0 Å². The Labute approximate surface area is 102 Å². The fourth-order valence-corrected chi connectivity index (χ4v) is 1.65. The zero-order chi connectivity index (χ0) is 12.2. The number of nitrogens with zero attached hydrogens (tertiary/aromatic N) is 1. The van der Waals surface area contributed by atoms with Crippen molar-refractivity contribution >= 4 is 0 Å². The van der Waals surface area contributed by atoms with Crippen LogP contribution in [0.4, 0.5) is 0 Å². The molecule has 1 atom stereocenters. The molecule has 0 aromatic rings. The second-order valence-corrected chi connectivity index (χ2v) is 4.50. The van der Waals surface area contributed by atoms with Gasteiger partial charge < -0.3 is 15.0 Å². The van der Waals surface area contributed by atoms with Crippen molar-refractivity contribution in [3.8, 4) is 0 Å². The van der Waals surface area contributed by atoms with E-state index in [4.69, 9.17) is 4.74 Å². The quantitative estimate of drug-likeness (QED) is 0.549. The van der Waals surface area contributed by atoms with E-state index in [1.807, 2.05) is 0 Å². The third-order valence-corrected chi connectivity index (χ3v) is 3.02. The average molecular weight is 230 g/mol. The van der Waals surface area contributed by atoms with Gasteiger partial charge in [-0.15, -0.1) is 0 Å². The molecule has 0 aliphatic rings. The van der Waals surface area contributed by atoms with E-state index < -0.39 is 0 Å². The highest BCUT2D eigenvalue weighted by molar-refractivity contribution is 4.62. The van der Waals surface area contributed by atoms with Crippen molar-refractivity contribution in [3.05, 3.63) is 0 Å². The maximum absolute atomic E-state index is 5.01. The standard InChI is InChI=1S/C13H30N2O/c1-5-13(3)12-15(6-2)10-9-14-8-7-11-16-4/h13-14H,5-12H2,1-4H3. The van der Waals surface area contributed by atoms with Gasteiger partial charge in [-0.1, -0.05) is 27.2 Å². The first-order chi connectivity index (χ1) is 7.74. The van der Waals surface area contributed by atoms with E-state index in [9.17, 15) is 0 Å². The fraction of sp³-hybridized carbons (Fsp3) is 1.00. The Balaban J connectivity index is 3.40. The van der Waals surface area contributed by atoms with E-state index in [2.05, 4.69) is 31.0 Å². The fourth-order valence-electron chi connectivity index (χ4n) is 1.65. The summed E-state index contributed by atoms with van der Waals surface area (Å²) in [6.07, 6.45) is 2.38. The van der Waals surface area contributed by atoms with Crippen LogP contribution in [0.1, 0.15) is 33.6 Å². The number of likely N-dealkylation sites (N-methyl/N-ethyl adjacent to an activating group) is 1. The molecule has 1 N–H and O–H groups in total. The molecule has 0 aromatic heterocycles. The third-order valence-electron chi connectivity index (χ3n) is 3.02.